The van der Waals surface area contributed by atoms with E-state index >= 15 is 0 Å². The molecule has 0 radical (unpaired) electrons. The largest absolute Gasteiger partial charge is 0.381 e. The van der Waals surface area contributed by atoms with Crippen LogP contribution in [0.25, 0.3) is 11.0 Å². The highest BCUT2D eigenvalue weighted by atomic mass is 16.1. The Hall–Kier alpha value is -2.08. The molecule has 5 rings (SSSR count). The molecule has 1 aliphatic carbocycles. The van der Waals surface area contributed by atoms with Gasteiger partial charge in [0.1, 0.15) is 5.65 Å². The third kappa shape index (κ3) is 3.00. The van der Waals surface area contributed by atoms with Crippen LogP contribution in [0.5, 0.6) is 0 Å². The first-order valence-corrected chi connectivity index (χ1v) is 10.5. The number of nitrogens with two attached hydrogens (primary N) is 1. The molecule has 2 bridgehead atoms. The van der Waals surface area contributed by atoms with E-state index in [1.165, 1.54) is 44.9 Å². The first-order valence-electron chi connectivity index (χ1n) is 10.5. The molecule has 2 aliphatic heterocycles. The van der Waals surface area contributed by atoms with Crippen molar-refractivity contribution in [2.75, 3.05) is 5.32 Å². The van der Waals surface area contributed by atoms with Crippen molar-refractivity contribution in [1.29, 1.82) is 0 Å². The number of H-pyrrole nitrogens is 1. The summed E-state index contributed by atoms with van der Waals surface area (Å²) in [5, 5.41) is 4.65. The number of primary amides is 1. The van der Waals surface area contributed by atoms with Crippen molar-refractivity contribution < 1.29 is 4.79 Å². The zero-order valence-corrected chi connectivity index (χ0v) is 15.8. The second kappa shape index (κ2) is 6.82. The Bertz CT molecular complexity index is 826. The number of rotatable bonds is 4. The van der Waals surface area contributed by atoms with Gasteiger partial charge in [0, 0.05) is 41.9 Å². The molecule has 4 N–H and O–H groups in total. The van der Waals surface area contributed by atoms with Crippen LogP contribution in [0, 0.1) is 0 Å². The summed E-state index contributed by atoms with van der Waals surface area (Å²) in [6, 6.07) is 4.54. The number of aromatic amines is 1. The van der Waals surface area contributed by atoms with Gasteiger partial charge in [0.25, 0.3) is 5.91 Å². The molecule has 0 spiro atoms. The van der Waals surface area contributed by atoms with Crippen molar-refractivity contribution in [3.05, 3.63) is 24.0 Å². The van der Waals surface area contributed by atoms with Gasteiger partial charge in [-0.25, -0.2) is 4.98 Å². The summed E-state index contributed by atoms with van der Waals surface area (Å²) in [5.41, 5.74) is 7.77. The molecule has 3 aliphatic rings. The summed E-state index contributed by atoms with van der Waals surface area (Å²) >= 11 is 0. The third-order valence-electron chi connectivity index (χ3n) is 6.99. The maximum atomic E-state index is 12.0. The van der Waals surface area contributed by atoms with Gasteiger partial charge in [-0.3, -0.25) is 9.69 Å². The minimum Gasteiger partial charge on any atom is -0.381 e. The lowest BCUT2D eigenvalue weighted by Gasteiger charge is -2.45. The second-order valence-electron chi connectivity index (χ2n) is 8.59. The average Bonchev–Trinajstić information content (AvgIpc) is 3.25. The average molecular weight is 367 g/mol. The maximum absolute atomic E-state index is 12.0. The Kier molecular flexibility index (Phi) is 4.31. The number of aromatic nitrogens is 2. The summed E-state index contributed by atoms with van der Waals surface area (Å²) in [6.45, 7) is 0. The van der Waals surface area contributed by atoms with Crippen LogP contribution in [0.3, 0.4) is 0 Å². The van der Waals surface area contributed by atoms with E-state index in [-0.39, 0.29) is 0 Å². The standard InChI is InChI=1S/C21H29N5O/c22-20(27)18-12-24-21-17(8-9-23-21)19(18)25-13-10-15-6-7-16(11-13)26(15)14-4-2-1-3-5-14/h8-9,12-16H,1-7,10-11H2,(H2,22,27)(H2,23,24,25)/t13?,15-,16+. The van der Waals surface area contributed by atoms with Crippen LogP contribution in [0.1, 0.15) is 68.1 Å². The number of amides is 1. The minimum absolute atomic E-state index is 0.390. The van der Waals surface area contributed by atoms with Crippen LogP contribution < -0.4 is 11.1 Å². The lowest BCUT2D eigenvalue weighted by atomic mass is 9.88. The van der Waals surface area contributed by atoms with E-state index < -0.39 is 5.91 Å². The van der Waals surface area contributed by atoms with Crippen LogP contribution in [0.2, 0.25) is 0 Å². The zero-order valence-electron chi connectivity index (χ0n) is 15.8. The van der Waals surface area contributed by atoms with Crippen molar-refractivity contribution in [2.24, 2.45) is 5.73 Å². The molecule has 1 saturated carbocycles. The van der Waals surface area contributed by atoms with E-state index in [0.717, 1.165) is 35.6 Å². The molecule has 27 heavy (non-hydrogen) atoms. The molecule has 2 aromatic heterocycles. The Morgan fingerprint density at radius 1 is 1.11 bits per heavy atom. The highest BCUT2D eigenvalue weighted by Crippen LogP contribution is 2.41. The number of nitrogens with zero attached hydrogens (tertiary/aromatic N) is 2. The molecular weight excluding hydrogens is 338 g/mol. The van der Waals surface area contributed by atoms with Crippen molar-refractivity contribution in [3.63, 3.8) is 0 Å². The first-order chi connectivity index (χ1) is 13.2. The van der Waals surface area contributed by atoms with Gasteiger partial charge < -0.3 is 16.0 Å². The number of anilines is 1. The van der Waals surface area contributed by atoms with Crippen molar-refractivity contribution >= 4 is 22.6 Å². The van der Waals surface area contributed by atoms with Crippen LogP contribution in [0.4, 0.5) is 5.69 Å². The topological polar surface area (TPSA) is 87.0 Å². The number of carbonyl (C=O) groups is 1. The molecule has 3 atom stereocenters. The number of hydrogen-bond donors (Lipinski definition) is 3. The van der Waals surface area contributed by atoms with Crippen LogP contribution in [0.15, 0.2) is 18.5 Å². The lowest BCUT2D eigenvalue weighted by molar-refractivity contribution is 0.0607. The fraction of sp³-hybridized carbons (Fsp3) is 0.619. The molecule has 2 saturated heterocycles. The monoisotopic (exact) mass is 367 g/mol. The molecule has 1 amide bonds. The fourth-order valence-corrected chi connectivity index (χ4v) is 5.86. The Morgan fingerprint density at radius 3 is 2.56 bits per heavy atom. The van der Waals surface area contributed by atoms with E-state index in [1.54, 1.807) is 6.20 Å². The molecule has 144 valence electrons. The quantitative estimate of drug-likeness (QED) is 0.773. The van der Waals surface area contributed by atoms with Gasteiger partial charge in [0.15, 0.2) is 0 Å². The Balaban J connectivity index is 1.38. The van der Waals surface area contributed by atoms with Crippen molar-refractivity contribution in [1.82, 2.24) is 14.9 Å². The number of carbonyl (C=O) groups excluding carboxylic acids is 1. The SMILES string of the molecule is NC(=O)c1cnc2[nH]ccc2c1NC1C[C@H]2CC[C@@H](C1)N2C1CCCCC1. The Labute approximate surface area is 159 Å². The number of fused-ring (bicyclic) bond motifs is 3. The van der Waals surface area contributed by atoms with Crippen molar-refractivity contribution in [2.45, 2.75) is 82.0 Å². The van der Waals surface area contributed by atoms with E-state index in [9.17, 15) is 4.79 Å². The molecule has 2 aromatic rings. The summed E-state index contributed by atoms with van der Waals surface area (Å²) in [7, 11) is 0. The summed E-state index contributed by atoms with van der Waals surface area (Å²) in [4.78, 5) is 22.3. The first kappa shape index (κ1) is 17.0. The number of pyridine rings is 1. The molecule has 3 fully saturated rings. The summed E-state index contributed by atoms with van der Waals surface area (Å²) in [5.74, 6) is -0.421. The molecule has 6 heteroatoms. The highest BCUT2D eigenvalue weighted by Gasteiger charge is 2.44. The molecular formula is C21H29N5O. The molecule has 4 heterocycles. The van der Waals surface area contributed by atoms with Gasteiger partial charge in [0.05, 0.1) is 11.3 Å². The van der Waals surface area contributed by atoms with Crippen LogP contribution in [-0.2, 0) is 0 Å². The number of hydrogen-bond acceptors (Lipinski definition) is 4. The van der Waals surface area contributed by atoms with Crippen LogP contribution >= 0.6 is 0 Å². The summed E-state index contributed by atoms with van der Waals surface area (Å²) < 4.78 is 0. The fourth-order valence-electron chi connectivity index (χ4n) is 5.86. The second-order valence-corrected chi connectivity index (χ2v) is 8.59. The van der Waals surface area contributed by atoms with E-state index in [4.69, 9.17) is 5.73 Å². The normalized spacial score (nSPS) is 29.3. The lowest BCUT2D eigenvalue weighted by Crippen LogP contribution is -2.52. The molecule has 6 nitrogen and oxygen atoms in total. The number of nitrogens with one attached hydrogen (secondary N) is 2. The van der Waals surface area contributed by atoms with Gasteiger partial charge in [-0.15, -0.1) is 0 Å². The highest BCUT2D eigenvalue weighted by molar-refractivity contribution is 6.05. The Morgan fingerprint density at radius 2 is 1.85 bits per heavy atom. The van der Waals surface area contributed by atoms with E-state index in [0.29, 0.717) is 23.7 Å². The smallest absolute Gasteiger partial charge is 0.252 e. The van der Waals surface area contributed by atoms with Crippen molar-refractivity contribution in [3.8, 4) is 0 Å². The van der Waals surface area contributed by atoms with Gasteiger partial charge in [0.2, 0.25) is 0 Å². The van der Waals surface area contributed by atoms with Gasteiger partial charge in [-0.1, -0.05) is 19.3 Å². The minimum atomic E-state index is -0.421. The summed E-state index contributed by atoms with van der Waals surface area (Å²) in [6.07, 6.45) is 15.4. The van der Waals surface area contributed by atoms with E-state index in [1.807, 2.05) is 12.3 Å². The zero-order chi connectivity index (χ0) is 18.4. The third-order valence-corrected chi connectivity index (χ3v) is 6.99. The van der Waals surface area contributed by atoms with Gasteiger partial charge >= 0.3 is 0 Å². The predicted molar refractivity (Wildman–Crippen MR) is 107 cm³/mol. The molecule has 1 unspecified atom stereocenters. The predicted octanol–water partition coefficient (Wildman–Crippen LogP) is 3.40. The van der Waals surface area contributed by atoms with Crippen LogP contribution in [-0.4, -0.2) is 44.9 Å². The van der Waals surface area contributed by atoms with Gasteiger partial charge in [-0.05, 0) is 44.6 Å². The maximum Gasteiger partial charge on any atom is 0.252 e. The number of piperidine rings is 1. The molecule has 0 aromatic carbocycles. The van der Waals surface area contributed by atoms with Gasteiger partial charge in [-0.2, -0.15) is 0 Å². The van der Waals surface area contributed by atoms with E-state index in [2.05, 4.69) is 20.2 Å².